The summed E-state index contributed by atoms with van der Waals surface area (Å²) in [5.74, 6) is 1.23. The number of hydrogen-bond donors (Lipinski definition) is 1. The van der Waals surface area contributed by atoms with Crippen molar-refractivity contribution < 1.29 is 14.3 Å². The number of amides is 1. The molecule has 1 aromatic carbocycles. The molecule has 1 aromatic heterocycles. The number of carbonyl (C=O) groups excluding carboxylic acids is 1. The van der Waals surface area contributed by atoms with Crippen LogP contribution >= 0.6 is 0 Å². The minimum Gasteiger partial charge on any atom is -0.493 e. The minimum atomic E-state index is -0.113. The molecule has 0 spiro atoms. The van der Waals surface area contributed by atoms with E-state index >= 15 is 0 Å². The molecule has 6 nitrogen and oxygen atoms in total. The van der Waals surface area contributed by atoms with Crippen molar-refractivity contribution in [2.75, 3.05) is 13.7 Å². The van der Waals surface area contributed by atoms with Crippen LogP contribution in [0.4, 0.5) is 0 Å². The van der Waals surface area contributed by atoms with E-state index in [4.69, 9.17) is 9.47 Å². The normalized spacial score (nSPS) is 11.1. The van der Waals surface area contributed by atoms with Gasteiger partial charge in [-0.25, -0.2) is 0 Å². The molecule has 140 valence electrons. The second kappa shape index (κ2) is 9.65. The summed E-state index contributed by atoms with van der Waals surface area (Å²) < 4.78 is 12.8. The number of rotatable bonds is 9. The molecule has 0 aliphatic carbocycles. The van der Waals surface area contributed by atoms with Crippen molar-refractivity contribution in [2.24, 2.45) is 7.05 Å². The Morgan fingerprint density at radius 1 is 1.35 bits per heavy atom. The van der Waals surface area contributed by atoms with Gasteiger partial charge < -0.3 is 14.8 Å². The highest BCUT2D eigenvalue weighted by Gasteiger charge is 2.06. The molecule has 0 saturated carbocycles. The first-order valence-electron chi connectivity index (χ1n) is 8.76. The monoisotopic (exact) mass is 357 g/mol. The fourth-order valence-electron chi connectivity index (χ4n) is 2.48. The lowest BCUT2D eigenvalue weighted by molar-refractivity contribution is -0.116. The zero-order valence-corrected chi connectivity index (χ0v) is 15.9. The fourth-order valence-corrected chi connectivity index (χ4v) is 2.48. The molecule has 6 heteroatoms. The maximum atomic E-state index is 11.9. The lowest BCUT2D eigenvalue weighted by Crippen LogP contribution is -2.22. The number of nitrogens with zero attached hydrogens (tertiary/aromatic N) is 2. The van der Waals surface area contributed by atoms with Gasteiger partial charge in [0.05, 0.1) is 19.4 Å². The van der Waals surface area contributed by atoms with Gasteiger partial charge in [0.2, 0.25) is 5.91 Å². The van der Waals surface area contributed by atoms with E-state index in [1.165, 1.54) is 11.6 Å². The molecule has 2 aromatic rings. The van der Waals surface area contributed by atoms with Gasteiger partial charge in [0.1, 0.15) is 0 Å². The van der Waals surface area contributed by atoms with Crippen LogP contribution in [0.5, 0.6) is 11.5 Å². The van der Waals surface area contributed by atoms with Crippen LogP contribution in [0.1, 0.15) is 31.4 Å². The highest BCUT2D eigenvalue weighted by Crippen LogP contribution is 2.29. The largest absolute Gasteiger partial charge is 0.493 e. The van der Waals surface area contributed by atoms with Crippen molar-refractivity contribution in [1.29, 1.82) is 0 Å². The molecule has 2 rings (SSSR count). The van der Waals surface area contributed by atoms with Crippen molar-refractivity contribution in [3.05, 3.63) is 47.8 Å². The number of methoxy groups -OCH3 is 1. The first-order valence-corrected chi connectivity index (χ1v) is 8.76. The van der Waals surface area contributed by atoms with E-state index in [-0.39, 0.29) is 12.0 Å². The Morgan fingerprint density at radius 3 is 2.81 bits per heavy atom. The van der Waals surface area contributed by atoms with E-state index in [2.05, 4.69) is 10.4 Å². The first kappa shape index (κ1) is 19.6. The zero-order valence-electron chi connectivity index (χ0n) is 15.9. The molecule has 0 aliphatic heterocycles. The van der Waals surface area contributed by atoms with Crippen LogP contribution < -0.4 is 14.8 Å². The number of aromatic nitrogens is 2. The van der Waals surface area contributed by atoms with Crippen LogP contribution in [-0.2, 0) is 18.3 Å². The molecular formula is C20H27N3O3. The molecule has 0 fully saturated rings. The molecule has 1 amide bonds. The van der Waals surface area contributed by atoms with Gasteiger partial charge in [0.25, 0.3) is 0 Å². The van der Waals surface area contributed by atoms with Crippen molar-refractivity contribution in [1.82, 2.24) is 15.1 Å². The van der Waals surface area contributed by atoms with Crippen LogP contribution in [0.15, 0.2) is 36.7 Å². The molecule has 0 bridgehead atoms. The van der Waals surface area contributed by atoms with E-state index in [0.717, 1.165) is 18.4 Å². The summed E-state index contributed by atoms with van der Waals surface area (Å²) in [4.78, 5) is 11.9. The second-order valence-electron chi connectivity index (χ2n) is 6.33. The molecular weight excluding hydrogens is 330 g/mol. The Hall–Kier alpha value is -2.76. The maximum absolute atomic E-state index is 11.9. The number of hydrogen-bond acceptors (Lipinski definition) is 4. The fraction of sp³-hybridized carbons (Fsp3) is 0.400. The predicted octanol–water partition coefficient (Wildman–Crippen LogP) is 2.98. The maximum Gasteiger partial charge on any atom is 0.243 e. The van der Waals surface area contributed by atoms with Crippen molar-refractivity contribution in [3.8, 4) is 11.5 Å². The average Bonchev–Trinajstić information content (AvgIpc) is 3.02. The van der Waals surface area contributed by atoms with E-state index in [9.17, 15) is 4.79 Å². The molecule has 0 aliphatic rings. The lowest BCUT2D eigenvalue weighted by Gasteiger charge is -2.13. The highest BCUT2D eigenvalue weighted by atomic mass is 16.5. The lowest BCUT2D eigenvalue weighted by atomic mass is 10.2. The standard InChI is InChI=1S/C20H27N3O3/c1-15(2)26-18-9-7-16(12-19(18)25-4)8-10-20(24)21-11-5-6-17-13-22-23(3)14-17/h7-10,12-15H,5-6,11H2,1-4H3,(H,21,24)/b10-8+. The van der Waals surface area contributed by atoms with Crippen LogP contribution in [0.3, 0.4) is 0 Å². The Bertz CT molecular complexity index is 751. The van der Waals surface area contributed by atoms with Crippen LogP contribution in [0.2, 0.25) is 0 Å². The summed E-state index contributed by atoms with van der Waals surface area (Å²) in [6.45, 7) is 4.56. The quantitative estimate of drug-likeness (QED) is 0.553. The molecule has 1 N–H and O–H groups in total. The second-order valence-corrected chi connectivity index (χ2v) is 6.33. The van der Waals surface area contributed by atoms with Crippen LogP contribution in [-0.4, -0.2) is 35.4 Å². The van der Waals surface area contributed by atoms with E-state index in [1.807, 2.05) is 51.5 Å². The van der Waals surface area contributed by atoms with Gasteiger partial charge in [-0.1, -0.05) is 6.07 Å². The van der Waals surface area contributed by atoms with Crippen molar-refractivity contribution in [2.45, 2.75) is 32.8 Å². The van der Waals surface area contributed by atoms with Gasteiger partial charge in [-0.3, -0.25) is 9.48 Å². The van der Waals surface area contributed by atoms with E-state index in [0.29, 0.717) is 18.0 Å². The summed E-state index contributed by atoms with van der Waals surface area (Å²) in [5.41, 5.74) is 2.05. The van der Waals surface area contributed by atoms with Gasteiger partial charge in [0.15, 0.2) is 11.5 Å². The summed E-state index contributed by atoms with van der Waals surface area (Å²) in [7, 11) is 3.50. The first-order chi connectivity index (χ1) is 12.5. The van der Waals surface area contributed by atoms with Gasteiger partial charge in [-0.2, -0.15) is 5.10 Å². The third kappa shape index (κ3) is 6.27. The molecule has 0 radical (unpaired) electrons. The highest BCUT2D eigenvalue weighted by molar-refractivity contribution is 5.91. The third-order valence-corrected chi connectivity index (χ3v) is 3.68. The molecule has 0 saturated heterocycles. The topological polar surface area (TPSA) is 65.4 Å². The van der Waals surface area contributed by atoms with E-state index in [1.54, 1.807) is 17.9 Å². The minimum absolute atomic E-state index is 0.0720. The summed E-state index contributed by atoms with van der Waals surface area (Å²) >= 11 is 0. The van der Waals surface area contributed by atoms with Crippen LogP contribution in [0.25, 0.3) is 6.08 Å². The van der Waals surface area contributed by atoms with E-state index < -0.39 is 0 Å². The van der Waals surface area contributed by atoms with Gasteiger partial charge in [-0.15, -0.1) is 0 Å². The van der Waals surface area contributed by atoms with Gasteiger partial charge in [0, 0.05) is 25.9 Å². The third-order valence-electron chi connectivity index (χ3n) is 3.68. The summed E-state index contributed by atoms with van der Waals surface area (Å²) in [6.07, 6.45) is 8.97. The molecule has 1 heterocycles. The molecule has 0 atom stereocenters. The Labute approximate surface area is 154 Å². The molecule has 0 unspecified atom stereocenters. The van der Waals surface area contributed by atoms with Gasteiger partial charge >= 0.3 is 0 Å². The zero-order chi connectivity index (χ0) is 18.9. The van der Waals surface area contributed by atoms with Crippen molar-refractivity contribution in [3.63, 3.8) is 0 Å². The Balaban J connectivity index is 1.81. The number of ether oxygens (including phenoxy) is 2. The number of benzene rings is 1. The number of aryl methyl sites for hydroxylation is 2. The SMILES string of the molecule is COc1cc(/C=C/C(=O)NCCCc2cnn(C)c2)ccc1OC(C)C. The number of nitrogens with one attached hydrogen (secondary N) is 1. The summed E-state index contributed by atoms with van der Waals surface area (Å²) in [6, 6.07) is 5.60. The Kier molecular flexibility index (Phi) is 7.26. The molecule has 26 heavy (non-hydrogen) atoms. The smallest absolute Gasteiger partial charge is 0.243 e. The average molecular weight is 357 g/mol. The van der Waals surface area contributed by atoms with Crippen LogP contribution in [0, 0.1) is 0 Å². The summed E-state index contributed by atoms with van der Waals surface area (Å²) in [5, 5.41) is 7.02. The predicted molar refractivity (Wildman–Crippen MR) is 102 cm³/mol. The Morgan fingerprint density at radius 2 is 2.15 bits per heavy atom. The van der Waals surface area contributed by atoms with Crippen molar-refractivity contribution >= 4 is 12.0 Å². The van der Waals surface area contributed by atoms with Gasteiger partial charge in [-0.05, 0) is 56.0 Å². The number of carbonyl (C=O) groups is 1.